The van der Waals surface area contributed by atoms with E-state index >= 15 is 0 Å². The fourth-order valence-corrected chi connectivity index (χ4v) is 0.669. The van der Waals surface area contributed by atoms with E-state index in [0.717, 1.165) is 12.2 Å². The lowest BCUT2D eigenvalue weighted by Crippen LogP contribution is -2.24. The van der Waals surface area contributed by atoms with Gasteiger partial charge in [-0.3, -0.25) is 0 Å². The van der Waals surface area contributed by atoms with Gasteiger partial charge in [0, 0.05) is 6.42 Å². The maximum Gasteiger partial charge on any atom is 0.174 e. The average molecular weight is 154 g/mol. The average Bonchev–Trinajstić information content (AvgIpc) is 2.32. The summed E-state index contributed by atoms with van der Waals surface area (Å²) in [6, 6.07) is 0. The lowest BCUT2D eigenvalue weighted by Gasteiger charge is -2.15. The standard InChI is InChI=1S/C7H14N4/c1-5-6-8-10-11(9-6)7(2,3)4/h5H2,1-4H3. The van der Waals surface area contributed by atoms with Crippen LogP contribution in [0.15, 0.2) is 0 Å². The van der Waals surface area contributed by atoms with Gasteiger partial charge in [-0.1, -0.05) is 6.92 Å². The van der Waals surface area contributed by atoms with Gasteiger partial charge in [0.1, 0.15) is 0 Å². The van der Waals surface area contributed by atoms with Gasteiger partial charge in [-0.05, 0) is 26.0 Å². The number of aromatic nitrogens is 4. The summed E-state index contributed by atoms with van der Waals surface area (Å²) in [6.45, 7) is 8.17. The molecule has 0 aliphatic rings. The molecular weight excluding hydrogens is 140 g/mol. The predicted octanol–water partition coefficient (Wildman–Crippen LogP) is 0.990. The van der Waals surface area contributed by atoms with E-state index < -0.39 is 0 Å². The molecule has 0 fully saturated rings. The zero-order valence-electron chi connectivity index (χ0n) is 7.50. The van der Waals surface area contributed by atoms with Gasteiger partial charge in [0.25, 0.3) is 0 Å². The summed E-state index contributed by atoms with van der Waals surface area (Å²) in [6.07, 6.45) is 0.843. The Bertz CT molecular complexity index is 233. The second-order valence-corrected chi connectivity index (χ2v) is 3.52. The van der Waals surface area contributed by atoms with Crippen LogP contribution in [0.5, 0.6) is 0 Å². The molecular formula is C7H14N4. The highest BCUT2D eigenvalue weighted by molar-refractivity contribution is 4.76. The molecule has 0 aliphatic heterocycles. The zero-order valence-corrected chi connectivity index (χ0v) is 7.50. The number of tetrazole rings is 1. The Morgan fingerprint density at radius 3 is 2.27 bits per heavy atom. The van der Waals surface area contributed by atoms with Crippen LogP contribution in [0.1, 0.15) is 33.5 Å². The summed E-state index contributed by atoms with van der Waals surface area (Å²) >= 11 is 0. The molecule has 0 spiro atoms. The summed E-state index contributed by atoms with van der Waals surface area (Å²) in [5.74, 6) is 0.805. The maximum atomic E-state index is 4.19. The van der Waals surface area contributed by atoms with Crippen LogP contribution >= 0.6 is 0 Å². The van der Waals surface area contributed by atoms with E-state index in [1.807, 2.05) is 27.7 Å². The van der Waals surface area contributed by atoms with E-state index in [0.29, 0.717) is 0 Å². The molecule has 0 amide bonds. The monoisotopic (exact) mass is 154 g/mol. The van der Waals surface area contributed by atoms with Crippen molar-refractivity contribution >= 4 is 0 Å². The number of nitrogens with zero attached hydrogens (tertiary/aromatic N) is 4. The third kappa shape index (κ3) is 1.76. The van der Waals surface area contributed by atoms with Gasteiger partial charge in [0.2, 0.25) is 0 Å². The van der Waals surface area contributed by atoms with Crippen molar-refractivity contribution in [3.63, 3.8) is 0 Å². The van der Waals surface area contributed by atoms with Crippen LogP contribution in [0.3, 0.4) is 0 Å². The molecule has 62 valence electrons. The topological polar surface area (TPSA) is 43.6 Å². The first kappa shape index (κ1) is 8.17. The van der Waals surface area contributed by atoms with Crippen molar-refractivity contribution in [1.82, 2.24) is 20.2 Å². The van der Waals surface area contributed by atoms with Crippen LogP contribution in [0, 0.1) is 0 Å². The molecule has 1 aromatic rings. The molecule has 0 aromatic carbocycles. The Balaban J connectivity index is 2.89. The van der Waals surface area contributed by atoms with Crippen molar-refractivity contribution in [3.8, 4) is 0 Å². The van der Waals surface area contributed by atoms with E-state index in [9.17, 15) is 0 Å². The molecule has 0 N–H and O–H groups in total. The maximum absolute atomic E-state index is 4.19. The Morgan fingerprint density at radius 1 is 1.36 bits per heavy atom. The van der Waals surface area contributed by atoms with Crippen molar-refractivity contribution in [1.29, 1.82) is 0 Å². The van der Waals surface area contributed by atoms with Gasteiger partial charge in [0.15, 0.2) is 5.82 Å². The third-order valence-corrected chi connectivity index (χ3v) is 1.37. The number of hydrogen-bond acceptors (Lipinski definition) is 3. The predicted molar refractivity (Wildman–Crippen MR) is 42.2 cm³/mol. The van der Waals surface area contributed by atoms with Gasteiger partial charge in [-0.25, -0.2) is 0 Å². The van der Waals surface area contributed by atoms with Gasteiger partial charge in [0.05, 0.1) is 5.54 Å². The van der Waals surface area contributed by atoms with Gasteiger partial charge < -0.3 is 0 Å². The molecule has 1 rings (SSSR count). The fourth-order valence-electron chi connectivity index (χ4n) is 0.669. The van der Waals surface area contributed by atoms with Gasteiger partial charge in [-0.15, -0.1) is 10.2 Å². The minimum Gasteiger partial charge on any atom is -0.159 e. The van der Waals surface area contributed by atoms with E-state index in [4.69, 9.17) is 0 Å². The van der Waals surface area contributed by atoms with E-state index in [2.05, 4.69) is 15.4 Å². The zero-order chi connectivity index (χ0) is 8.48. The molecule has 0 atom stereocenters. The minimum absolute atomic E-state index is 0.0551. The van der Waals surface area contributed by atoms with Gasteiger partial charge in [-0.2, -0.15) is 4.80 Å². The minimum atomic E-state index is -0.0551. The van der Waals surface area contributed by atoms with E-state index in [-0.39, 0.29) is 5.54 Å². The van der Waals surface area contributed by atoms with Crippen molar-refractivity contribution in [2.24, 2.45) is 0 Å². The van der Waals surface area contributed by atoms with Crippen LogP contribution in [-0.2, 0) is 12.0 Å². The van der Waals surface area contributed by atoms with Crippen molar-refractivity contribution in [2.45, 2.75) is 39.7 Å². The van der Waals surface area contributed by atoms with Crippen LogP contribution < -0.4 is 0 Å². The highest BCUT2D eigenvalue weighted by atomic mass is 15.6. The lowest BCUT2D eigenvalue weighted by molar-refractivity contribution is 0.305. The summed E-state index contributed by atoms with van der Waals surface area (Å²) in [4.78, 5) is 1.64. The molecule has 0 bridgehead atoms. The highest BCUT2D eigenvalue weighted by Gasteiger charge is 2.15. The highest BCUT2D eigenvalue weighted by Crippen LogP contribution is 2.08. The number of rotatable bonds is 1. The first-order valence-electron chi connectivity index (χ1n) is 3.83. The first-order chi connectivity index (χ1) is 5.04. The van der Waals surface area contributed by atoms with Crippen molar-refractivity contribution in [3.05, 3.63) is 5.82 Å². The molecule has 0 radical (unpaired) electrons. The first-order valence-corrected chi connectivity index (χ1v) is 3.83. The summed E-state index contributed by atoms with van der Waals surface area (Å²) in [7, 11) is 0. The number of hydrogen-bond donors (Lipinski definition) is 0. The van der Waals surface area contributed by atoms with Crippen LogP contribution in [0.4, 0.5) is 0 Å². The van der Waals surface area contributed by atoms with E-state index in [1.165, 1.54) is 0 Å². The summed E-state index contributed by atoms with van der Waals surface area (Å²) in [5.41, 5.74) is -0.0551. The molecule has 4 nitrogen and oxygen atoms in total. The van der Waals surface area contributed by atoms with Gasteiger partial charge >= 0.3 is 0 Å². The molecule has 11 heavy (non-hydrogen) atoms. The normalized spacial score (nSPS) is 12.0. The van der Waals surface area contributed by atoms with Crippen molar-refractivity contribution in [2.75, 3.05) is 0 Å². The van der Waals surface area contributed by atoms with Crippen LogP contribution in [-0.4, -0.2) is 20.2 Å². The van der Waals surface area contributed by atoms with Crippen LogP contribution in [0.2, 0.25) is 0 Å². The van der Waals surface area contributed by atoms with E-state index in [1.54, 1.807) is 4.80 Å². The molecule has 1 aromatic heterocycles. The smallest absolute Gasteiger partial charge is 0.159 e. The molecule has 0 unspecified atom stereocenters. The molecule has 0 aliphatic carbocycles. The fraction of sp³-hybridized carbons (Fsp3) is 0.857. The quantitative estimate of drug-likeness (QED) is 0.606. The third-order valence-electron chi connectivity index (χ3n) is 1.37. The lowest BCUT2D eigenvalue weighted by atomic mass is 10.1. The second kappa shape index (κ2) is 2.60. The Labute approximate surface area is 66.6 Å². The SMILES string of the molecule is CCc1nnn(C(C)(C)C)n1. The molecule has 4 heteroatoms. The molecule has 0 saturated heterocycles. The molecule has 1 heterocycles. The van der Waals surface area contributed by atoms with Crippen molar-refractivity contribution < 1.29 is 0 Å². The largest absolute Gasteiger partial charge is 0.174 e. The summed E-state index contributed by atoms with van der Waals surface area (Å²) in [5, 5.41) is 12.0. The Morgan fingerprint density at radius 2 is 2.00 bits per heavy atom. The Kier molecular flexibility index (Phi) is 1.93. The number of aryl methyl sites for hydroxylation is 1. The summed E-state index contributed by atoms with van der Waals surface area (Å²) < 4.78 is 0. The second-order valence-electron chi connectivity index (χ2n) is 3.52. The Hall–Kier alpha value is -0.930. The molecule has 0 saturated carbocycles. The van der Waals surface area contributed by atoms with Crippen LogP contribution in [0.25, 0.3) is 0 Å².